The van der Waals surface area contributed by atoms with Crippen LogP contribution in [0.5, 0.6) is 5.75 Å². The molecule has 0 unspecified atom stereocenters. The first-order chi connectivity index (χ1) is 5.70. The van der Waals surface area contributed by atoms with Crippen molar-refractivity contribution in [3.8, 4) is 5.75 Å². The zero-order chi connectivity index (χ0) is 8.72. The Morgan fingerprint density at radius 2 is 2.25 bits per heavy atom. The van der Waals surface area contributed by atoms with E-state index in [1.165, 1.54) is 0 Å². The fraction of sp³-hybridized carbons (Fsp3) is 0.333. The molecule has 3 heteroatoms. The Labute approximate surface area is 79.5 Å². The van der Waals surface area contributed by atoms with Crippen LogP contribution in [0, 0.1) is 0 Å². The van der Waals surface area contributed by atoms with E-state index in [-0.39, 0.29) is 6.04 Å². The number of halogens is 1. The smallest absolute Gasteiger partial charge is 0.133 e. The molecule has 0 amide bonds. The molecule has 0 heterocycles. The van der Waals surface area contributed by atoms with Crippen molar-refractivity contribution in [2.24, 2.45) is 5.73 Å². The third-order valence-corrected chi connectivity index (χ3v) is 3.01. The predicted octanol–water partition coefficient (Wildman–Crippen LogP) is 2.10. The number of phenolic OH excluding ortho intramolecular Hbond substituents is 1. The molecule has 1 atom stereocenters. The van der Waals surface area contributed by atoms with E-state index in [1.54, 1.807) is 0 Å². The third kappa shape index (κ3) is 1.04. The van der Waals surface area contributed by atoms with Crippen molar-refractivity contribution in [3.63, 3.8) is 0 Å². The van der Waals surface area contributed by atoms with Crippen LogP contribution >= 0.6 is 15.9 Å². The van der Waals surface area contributed by atoms with E-state index < -0.39 is 0 Å². The molecule has 1 aliphatic rings. The van der Waals surface area contributed by atoms with E-state index in [0.717, 1.165) is 28.4 Å². The minimum Gasteiger partial charge on any atom is -0.506 e. The fourth-order valence-electron chi connectivity index (χ4n) is 1.69. The summed E-state index contributed by atoms with van der Waals surface area (Å²) in [6.45, 7) is 0. The molecule has 0 aliphatic heterocycles. The Balaban J connectivity index is 2.60. The van der Waals surface area contributed by atoms with Crippen LogP contribution in [0.1, 0.15) is 23.6 Å². The summed E-state index contributed by atoms with van der Waals surface area (Å²) in [6, 6.07) is 3.94. The molecule has 0 saturated heterocycles. The maximum absolute atomic E-state index is 9.63. The molecule has 0 bridgehead atoms. The lowest BCUT2D eigenvalue weighted by Gasteiger charge is -2.06. The molecule has 2 rings (SSSR count). The van der Waals surface area contributed by atoms with Crippen LogP contribution in [0.2, 0.25) is 0 Å². The van der Waals surface area contributed by atoms with Gasteiger partial charge < -0.3 is 10.8 Å². The van der Waals surface area contributed by atoms with Gasteiger partial charge in [-0.1, -0.05) is 6.07 Å². The summed E-state index contributed by atoms with van der Waals surface area (Å²) in [5, 5.41) is 9.63. The molecule has 1 aliphatic carbocycles. The lowest BCUT2D eigenvalue weighted by atomic mass is 10.1. The molecule has 0 radical (unpaired) electrons. The molecule has 0 spiro atoms. The fourth-order valence-corrected chi connectivity index (χ4v) is 2.06. The summed E-state index contributed by atoms with van der Waals surface area (Å²) in [7, 11) is 0. The van der Waals surface area contributed by atoms with Crippen LogP contribution < -0.4 is 5.73 Å². The molecule has 0 aromatic heterocycles. The van der Waals surface area contributed by atoms with Gasteiger partial charge >= 0.3 is 0 Å². The number of benzene rings is 1. The summed E-state index contributed by atoms with van der Waals surface area (Å²) >= 11 is 3.28. The van der Waals surface area contributed by atoms with E-state index in [1.807, 2.05) is 12.1 Å². The predicted molar refractivity (Wildman–Crippen MR) is 51.1 cm³/mol. The summed E-state index contributed by atoms with van der Waals surface area (Å²) in [5.41, 5.74) is 7.94. The number of phenols is 1. The monoisotopic (exact) mass is 227 g/mol. The Morgan fingerprint density at radius 3 is 3.00 bits per heavy atom. The van der Waals surface area contributed by atoms with Crippen molar-refractivity contribution < 1.29 is 5.11 Å². The van der Waals surface area contributed by atoms with Crippen molar-refractivity contribution in [3.05, 3.63) is 27.7 Å². The molecular formula is C9H10BrNO. The Kier molecular flexibility index (Phi) is 1.85. The maximum atomic E-state index is 9.63. The van der Waals surface area contributed by atoms with Gasteiger partial charge in [-0.25, -0.2) is 0 Å². The highest BCUT2D eigenvalue weighted by Crippen LogP contribution is 2.39. The lowest BCUT2D eigenvalue weighted by molar-refractivity contribution is 0.465. The van der Waals surface area contributed by atoms with Crippen molar-refractivity contribution in [2.75, 3.05) is 0 Å². The van der Waals surface area contributed by atoms with E-state index in [0.29, 0.717) is 5.75 Å². The molecule has 0 saturated carbocycles. The van der Waals surface area contributed by atoms with Crippen molar-refractivity contribution in [2.45, 2.75) is 18.9 Å². The highest BCUT2D eigenvalue weighted by molar-refractivity contribution is 9.10. The van der Waals surface area contributed by atoms with Crippen molar-refractivity contribution in [1.29, 1.82) is 0 Å². The van der Waals surface area contributed by atoms with Gasteiger partial charge in [0.2, 0.25) is 0 Å². The summed E-state index contributed by atoms with van der Waals surface area (Å²) in [6.07, 6.45) is 1.83. The standard InChI is InChI=1S/C9H10BrNO/c10-7-3-1-5-6(9(7)12)2-4-8(5)11/h1,3,8,12H,2,4,11H2/t8-/m1/s1. The molecule has 1 aromatic carbocycles. The summed E-state index contributed by atoms with van der Waals surface area (Å²) < 4.78 is 0.760. The number of fused-ring (bicyclic) bond motifs is 1. The van der Waals surface area contributed by atoms with Crippen LogP contribution in [-0.4, -0.2) is 5.11 Å². The SMILES string of the molecule is N[C@@H]1CCc2c1ccc(Br)c2O. The first-order valence-corrected chi connectivity index (χ1v) is 4.75. The van der Waals surface area contributed by atoms with E-state index in [9.17, 15) is 5.11 Å². The summed E-state index contributed by atoms with van der Waals surface area (Å²) in [4.78, 5) is 0. The van der Waals surface area contributed by atoms with Gasteiger partial charge in [0.25, 0.3) is 0 Å². The molecule has 1 aromatic rings. The molecule has 2 nitrogen and oxygen atoms in total. The van der Waals surface area contributed by atoms with Crippen LogP contribution in [0.4, 0.5) is 0 Å². The van der Waals surface area contributed by atoms with Crippen molar-refractivity contribution in [1.82, 2.24) is 0 Å². The topological polar surface area (TPSA) is 46.2 Å². The Morgan fingerprint density at radius 1 is 1.50 bits per heavy atom. The number of rotatable bonds is 0. The lowest BCUT2D eigenvalue weighted by Crippen LogP contribution is -2.04. The minimum atomic E-state index is 0.110. The van der Waals surface area contributed by atoms with Crippen LogP contribution in [0.3, 0.4) is 0 Å². The first kappa shape index (κ1) is 8.08. The van der Waals surface area contributed by atoms with Gasteiger partial charge in [0.05, 0.1) is 4.47 Å². The molecular weight excluding hydrogens is 218 g/mol. The highest BCUT2D eigenvalue weighted by atomic mass is 79.9. The number of hydrogen-bond acceptors (Lipinski definition) is 2. The normalized spacial score (nSPS) is 21.0. The van der Waals surface area contributed by atoms with Gasteiger partial charge in [0.1, 0.15) is 5.75 Å². The Bertz CT molecular complexity index is 325. The van der Waals surface area contributed by atoms with Gasteiger partial charge in [-0.05, 0) is 46.0 Å². The van der Waals surface area contributed by atoms with E-state index >= 15 is 0 Å². The quantitative estimate of drug-likeness (QED) is 0.714. The average Bonchev–Trinajstić information content (AvgIpc) is 2.41. The molecule has 12 heavy (non-hydrogen) atoms. The molecule has 3 N–H and O–H groups in total. The van der Waals surface area contributed by atoms with E-state index in [2.05, 4.69) is 15.9 Å². The molecule has 64 valence electrons. The van der Waals surface area contributed by atoms with Gasteiger partial charge in [-0.2, -0.15) is 0 Å². The molecule has 0 fully saturated rings. The summed E-state index contributed by atoms with van der Waals surface area (Å²) in [5.74, 6) is 0.362. The Hall–Kier alpha value is -0.540. The number of nitrogens with two attached hydrogens (primary N) is 1. The largest absolute Gasteiger partial charge is 0.506 e. The average molecular weight is 228 g/mol. The highest BCUT2D eigenvalue weighted by Gasteiger charge is 2.22. The second-order valence-corrected chi connectivity index (χ2v) is 3.96. The van der Waals surface area contributed by atoms with Gasteiger partial charge in [0, 0.05) is 6.04 Å². The van der Waals surface area contributed by atoms with Crippen LogP contribution in [-0.2, 0) is 6.42 Å². The van der Waals surface area contributed by atoms with Gasteiger partial charge in [-0.15, -0.1) is 0 Å². The number of hydrogen-bond donors (Lipinski definition) is 2. The van der Waals surface area contributed by atoms with E-state index in [4.69, 9.17) is 5.73 Å². The second kappa shape index (κ2) is 2.75. The number of aromatic hydroxyl groups is 1. The zero-order valence-electron chi connectivity index (χ0n) is 6.55. The van der Waals surface area contributed by atoms with Crippen LogP contribution in [0.25, 0.3) is 0 Å². The minimum absolute atomic E-state index is 0.110. The van der Waals surface area contributed by atoms with Gasteiger partial charge in [0.15, 0.2) is 0 Å². The van der Waals surface area contributed by atoms with Crippen LogP contribution in [0.15, 0.2) is 16.6 Å². The van der Waals surface area contributed by atoms with Crippen molar-refractivity contribution >= 4 is 15.9 Å². The first-order valence-electron chi connectivity index (χ1n) is 3.96. The maximum Gasteiger partial charge on any atom is 0.133 e. The zero-order valence-corrected chi connectivity index (χ0v) is 8.13. The van der Waals surface area contributed by atoms with Gasteiger partial charge in [-0.3, -0.25) is 0 Å². The second-order valence-electron chi connectivity index (χ2n) is 3.11. The third-order valence-electron chi connectivity index (χ3n) is 2.37.